The summed E-state index contributed by atoms with van der Waals surface area (Å²) in [5, 5.41) is 6.17. The lowest BCUT2D eigenvalue weighted by atomic mass is 10.2. The topological polar surface area (TPSA) is 60.5 Å². The molecular weight excluding hydrogens is 408 g/mol. The van der Waals surface area contributed by atoms with Gasteiger partial charge in [0.05, 0.1) is 6.10 Å². The Morgan fingerprint density at radius 3 is 2.93 bits per heavy atom. The summed E-state index contributed by atoms with van der Waals surface area (Å²) in [6, 6.07) is 15.3. The van der Waals surface area contributed by atoms with Gasteiger partial charge in [0.1, 0.15) is 23.1 Å². The van der Waals surface area contributed by atoms with Crippen molar-refractivity contribution in [1.82, 2.24) is 10.3 Å². The molecule has 7 heteroatoms. The Bertz CT molecular complexity index is 968. The zero-order valence-electron chi connectivity index (χ0n) is 15.8. The molecule has 5 nitrogen and oxygen atoms in total. The first-order valence-electron chi connectivity index (χ1n) is 9.50. The first-order valence-corrected chi connectivity index (χ1v) is 10.8. The largest absolute Gasteiger partial charge is 0.489 e. The van der Waals surface area contributed by atoms with Crippen molar-refractivity contribution < 1.29 is 14.3 Å². The molecule has 1 amide bonds. The monoisotopic (exact) mass is 428 g/mol. The number of hydrogen-bond acceptors (Lipinski definition) is 5. The molecule has 1 aliphatic rings. The number of carbonyl (C=O) groups is 1. The number of carbonyl (C=O) groups excluding carboxylic acids is 1. The van der Waals surface area contributed by atoms with Gasteiger partial charge >= 0.3 is 0 Å². The fourth-order valence-electron chi connectivity index (χ4n) is 3.08. The number of hydrogen-bond donors (Lipinski definition) is 1. The van der Waals surface area contributed by atoms with Gasteiger partial charge in [-0.1, -0.05) is 35.9 Å². The molecule has 2 aromatic carbocycles. The molecule has 4 rings (SSSR count). The first kappa shape index (κ1) is 19.9. The molecule has 1 N–H and O–H groups in total. The summed E-state index contributed by atoms with van der Waals surface area (Å²) in [7, 11) is 0. The smallest absolute Gasteiger partial charge is 0.270 e. The van der Waals surface area contributed by atoms with Crippen molar-refractivity contribution in [1.29, 1.82) is 0 Å². The maximum absolute atomic E-state index is 12.3. The lowest BCUT2D eigenvalue weighted by molar-refractivity contribution is 0.0854. The van der Waals surface area contributed by atoms with Gasteiger partial charge < -0.3 is 14.8 Å². The van der Waals surface area contributed by atoms with Crippen molar-refractivity contribution in [3.63, 3.8) is 0 Å². The van der Waals surface area contributed by atoms with Crippen molar-refractivity contribution in [2.75, 3.05) is 13.2 Å². The van der Waals surface area contributed by atoms with Gasteiger partial charge in [0.25, 0.3) is 5.91 Å². The number of aromatic nitrogens is 1. The quantitative estimate of drug-likeness (QED) is 0.578. The summed E-state index contributed by atoms with van der Waals surface area (Å²) in [6.45, 7) is 1.76. The van der Waals surface area contributed by atoms with Gasteiger partial charge in [-0.05, 0) is 42.7 Å². The zero-order chi connectivity index (χ0) is 20.1. The van der Waals surface area contributed by atoms with Crippen molar-refractivity contribution in [3.8, 4) is 16.3 Å². The van der Waals surface area contributed by atoms with Crippen molar-refractivity contribution >= 4 is 28.8 Å². The molecule has 0 unspecified atom stereocenters. The number of thiazole rings is 1. The van der Waals surface area contributed by atoms with Crippen LogP contribution in [-0.4, -0.2) is 30.1 Å². The van der Waals surface area contributed by atoms with Crippen LogP contribution in [0.25, 0.3) is 10.6 Å². The third-order valence-electron chi connectivity index (χ3n) is 4.65. The minimum atomic E-state index is -0.168. The number of ether oxygens (including phenoxy) is 2. The second-order valence-electron chi connectivity index (χ2n) is 6.83. The van der Waals surface area contributed by atoms with Crippen LogP contribution in [0.4, 0.5) is 0 Å². The highest BCUT2D eigenvalue weighted by Gasteiger charge is 2.18. The van der Waals surface area contributed by atoms with Gasteiger partial charge in [0.2, 0.25) is 0 Å². The maximum Gasteiger partial charge on any atom is 0.270 e. The Hall–Kier alpha value is -2.41. The molecule has 0 aliphatic carbocycles. The molecule has 1 atom stereocenters. The van der Waals surface area contributed by atoms with E-state index in [0.29, 0.717) is 23.9 Å². The van der Waals surface area contributed by atoms with Crippen molar-refractivity contribution in [2.24, 2.45) is 0 Å². The van der Waals surface area contributed by atoms with E-state index in [0.717, 1.165) is 41.3 Å². The highest BCUT2D eigenvalue weighted by atomic mass is 35.5. The molecule has 1 fully saturated rings. The zero-order valence-corrected chi connectivity index (χ0v) is 17.3. The molecule has 0 radical (unpaired) electrons. The molecule has 3 aromatic rings. The van der Waals surface area contributed by atoms with E-state index in [4.69, 9.17) is 21.1 Å². The van der Waals surface area contributed by atoms with Crippen molar-refractivity contribution in [2.45, 2.75) is 25.6 Å². The SMILES string of the molecule is O=C(NC[C@@H]1CCCO1)c1csc(-c2cccc(OCc3ccc(Cl)cc3)c2)n1. The Morgan fingerprint density at radius 1 is 1.28 bits per heavy atom. The van der Waals surface area contributed by atoms with Crippen LogP contribution in [0.3, 0.4) is 0 Å². The number of nitrogens with zero attached hydrogens (tertiary/aromatic N) is 1. The third kappa shape index (κ3) is 5.35. The van der Waals surface area contributed by atoms with Crippen molar-refractivity contribution in [3.05, 3.63) is 70.2 Å². The molecule has 0 bridgehead atoms. The summed E-state index contributed by atoms with van der Waals surface area (Å²) >= 11 is 7.35. The molecule has 1 saturated heterocycles. The summed E-state index contributed by atoms with van der Waals surface area (Å²) in [5.74, 6) is 0.579. The number of benzene rings is 2. The average Bonchev–Trinajstić information content (AvgIpc) is 3.44. The lowest BCUT2D eigenvalue weighted by Crippen LogP contribution is -2.31. The van der Waals surface area contributed by atoms with Gasteiger partial charge in [0.15, 0.2) is 0 Å². The lowest BCUT2D eigenvalue weighted by Gasteiger charge is -2.09. The van der Waals surface area contributed by atoms with Crippen LogP contribution in [0, 0.1) is 0 Å². The molecular formula is C22H21ClN2O3S. The number of nitrogens with one attached hydrogen (secondary N) is 1. The normalized spacial score (nSPS) is 16.0. The molecule has 1 aromatic heterocycles. The van der Waals surface area contributed by atoms with Crippen LogP contribution in [0.2, 0.25) is 5.02 Å². The highest BCUT2D eigenvalue weighted by Crippen LogP contribution is 2.27. The predicted octanol–water partition coefficient (Wildman–Crippen LogP) is 4.95. The van der Waals surface area contributed by atoms with E-state index in [-0.39, 0.29) is 12.0 Å². The second kappa shape index (κ2) is 9.39. The maximum atomic E-state index is 12.3. The van der Waals surface area contributed by atoms with E-state index < -0.39 is 0 Å². The van der Waals surface area contributed by atoms with Crippen LogP contribution in [0.15, 0.2) is 53.9 Å². The standard InChI is InChI=1S/C22H21ClN2O3S/c23-17-8-6-15(7-9-17)13-28-18-4-1-3-16(11-18)22-25-20(14-29-22)21(26)24-12-19-5-2-10-27-19/h1,3-4,6-9,11,14,19H,2,5,10,12-13H2,(H,24,26)/t19-/m0/s1. The van der Waals surface area contributed by atoms with E-state index in [1.807, 2.05) is 48.5 Å². The highest BCUT2D eigenvalue weighted by molar-refractivity contribution is 7.13. The number of rotatable bonds is 7. The number of halogens is 1. The minimum Gasteiger partial charge on any atom is -0.489 e. The van der Waals surface area contributed by atoms with E-state index >= 15 is 0 Å². The molecule has 0 saturated carbocycles. The molecule has 2 heterocycles. The van der Waals surface area contributed by atoms with Crippen LogP contribution in [0.1, 0.15) is 28.9 Å². The molecule has 29 heavy (non-hydrogen) atoms. The van der Waals surface area contributed by atoms with Gasteiger partial charge in [-0.3, -0.25) is 4.79 Å². The third-order valence-corrected chi connectivity index (χ3v) is 5.79. The van der Waals surface area contributed by atoms with Gasteiger partial charge in [-0.2, -0.15) is 0 Å². The minimum absolute atomic E-state index is 0.117. The van der Waals surface area contributed by atoms with E-state index in [1.165, 1.54) is 11.3 Å². The summed E-state index contributed by atoms with van der Waals surface area (Å²) < 4.78 is 11.4. The Morgan fingerprint density at radius 2 is 2.14 bits per heavy atom. The van der Waals surface area contributed by atoms with Crippen LogP contribution in [-0.2, 0) is 11.3 Å². The van der Waals surface area contributed by atoms with E-state index in [9.17, 15) is 4.79 Å². The fraction of sp³-hybridized carbons (Fsp3) is 0.273. The number of amides is 1. The van der Waals surface area contributed by atoms with Gasteiger partial charge in [-0.25, -0.2) is 4.98 Å². The van der Waals surface area contributed by atoms with E-state index in [2.05, 4.69) is 10.3 Å². The van der Waals surface area contributed by atoms with Crippen LogP contribution >= 0.6 is 22.9 Å². The van der Waals surface area contributed by atoms with Gasteiger partial charge in [0, 0.05) is 29.1 Å². The summed E-state index contributed by atoms with van der Waals surface area (Å²) in [5.41, 5.74) is 2.39. The average molecular weight is 429 g/mol. The Balaban J connectivity index is 1.37. The summed E-state index contributed by atoms with van der Waals surface area (Å²) in [4.78, 5) is 16.8. The van der Waals surface area contributed by atoms with Crippen LogP contribution in [0.5, 0.6) is 5.75 Å². The Kier molecular flexibility index (Phi) is 6.44. The Labute approximate surface area is 178 Å². The molecule has 150 valence electrons. The van der Waals surface area contributed by atoms with Gasteiger partial charge in [-0.15, -0.1) is 11.3 Å². The fourth-order valence-corrected chi connectivity index (χ4v) is 4.00. The van der Waals surface area contributed by atoms with Crippen LogP contribution < -0.4 is 10.1 Å². The molecule has 0 spiro atoms. The first-order chi connectivity index (χ1) is 14.2. The van der Waals surface area contributed by atoms with E-state index in [1.54, 1.807) is 5.38 Å². The molecule has 1 aliphatic heterocycles. The predicted molar refractivity (Wildman–Crippen MR) is 115 cm³/mol. The second-order valence-corrected chi connectivity index (χ2v) is 8.12. The summed E-state index contributed by atoms with van der Waals surface area (Å²) in [6.07, 6.45) is 2.16.